The van der Waals surface area contributed by atoms with Crippen molar-refractivity contribution in [2.45, 2.75) is 80.4 Å². The van der Waals surface area contributed by atoms with Gasteiger partial charge in [-0.15, -0.1) is 0 Å². The van der Waals surface area contributed by atoms with Gasteiger partial charge in [0.15, 0.2) is 0 Å². The number of pyridine rings is 1. The molecule has 3 aromatic rings. The molecule has 0 spiro atoms. The van der Waals surface area contributed by atoms with Crippen LogP contribution in [0.2, 0.25) is 0 Å². The van der Waals surface area contributed by atoms with Crippen LogP contribution in [0.4, 0.5) is 5.69 Å². The quantitative estimate of drug-likeness (QED) is 0.322. The summed E-state index contributed by atoms with van der Waals surface area (Å²) in [6, 6.07) is 9.31. The van der Waals surface area contributed by atoms with Gasteiger partial charge in [-0.3, -0.25) is 4.98 Å². The van der Waals surface area contributed by atoms with Gasteiger partial charge in [-0.1, -0.05) is 34.1 Å². The summed E-state index contributed by atoms with van der Waals surface area (Å²) < 4.78 is 8.26. The number of ether oxygens (including phenoxy) is 1. The lowest BCUT2D eigenvalue weighted by Gasteiger charge is -2.25. The van der Waals surface area contributed by atoms with Crippen LogP contribution in [0, 0.1) is 5.41 Å². The van der Waals surface area contributed by atoms with E-state index in [1.807, 2.05) is 6.20 Å². The lowest BCUT2D eigenvalue weighted by Crippen LogP contribution is -2.16. The highest BCUT2D eigenvalue weighted by Crippen LogP contribution is 2.42. The molecule has 0 saturated carbocycles. The molecule has 4 heteroatoms. The Morgan fingerprint density at radius 3 is 2.42 bits per heavy atom. The highest BCUT2D eigenvalue weighted by Gasteiger charge is 2.27. The van der Waals surface area contributed by atoms with E-state index in [1.165, 1.54) is 39.0 Å². The number of anilines is 1. The van der Waals surface area contributed by atoms with Crippen LogP contribution >= 0.6 is 0 Å². The minimum absolute atomic E-state index is 0.0666. The van der Waals surface area contributed by atoms with E-state index >= 15 is 0 Å². The first-order chi connectivity index (χ1) is 15.7. The fourth-order valence-corrected chi connectivity index (χ4v) is 4.59. The summed E-state index contributed by atoms with van der Waals surface area (Å²) in [7, 11) is 3.94. The van der Waals surface area contributed by atoms with E-state index in [0.29, 0.717) is 0 Å². The minimum Gasteiger partial charge on any atom is -0.375 e. The molecule has 0 aliphatic heterocycles. The zero-order valence-corrected chi connectivity index (χ0v) is 22.2. The summed E-state index contributed by atoms with van der Waals surface area (Å²) in [4.78, 5) is 7.23. The molecule has 0 aliphatic carbocycles. The second kappa shape index (κ2) is 10.3. The van der Waals surface area contributed by atoms with Crippen LogP contribution in [-0.4, -0.2) is 30.3 Å². The monoisotopic (exact) mass is 449 g/mol. The van der Waals surface area contributed by atoms with Gasteiger partial charge in [0.05, 0.1) is 17.5 Å². The second-order valence-corrected chi connectivity index (χ2v) is 9.99. The van der Waals surface area contributed by atoms with E-state index in [0.717, 1.165) is 38.0 Å². The molecule has 2 aromatic heterocycles. The summed E-state index contributed by atoms with van der Waals surface area (Å²) in [6.45, 7) is 17.7. The molecule has 4 nitrogen and oxygen atoms in total. The molecule has 0 bridgehead atoms. The van der Waals surface area contributed by atoms with Gasteiger partial charge in [-0.05, 0) is 74.4 Å². The van der Waals surface area contributed by atoms with Crippen molar-refractivity contribution in [2.24, 2.45) is 5.41 Å². The Bertz CT molecular complexity index is 1100. The van der Waals surface area contributed by atoms with Gasteiger partial charge in [0.2, 0.25) is 0 Å². The van der Waals surface area contributed by atoms with E-state index in [1.54, 1.807) is 7.11 Å². The third kappa shape index (κ3) is 4.96. The van der Waals surface area contributed by atoms with E-state index in [-0.39, 0.29) is 11.5 Å². The lowest BCUT2D eigenvalue weighted by molar-refractivity contribution is 0.116. The molecule has 0 amide bonds. The van der Waals surface area contributed by atoms with Gasteiger partial charge >= 0.3 is 0 Å². The van der Waals surface area contributed by atoms with Crippen molar-refractivity contribution < 1.29 is 4.74 Å². The van der Waals surface area contributed by atoms with E-state index in [9.17, 15) is 0 Å². The second-order valence-electron chi connectivity index (χ2n) is 9.99. The maximum absolute atomic E-state index is 5.77. The maximum Gasteiger partial charge on any atom is 0.0969 e. The number of aryl methyl sites for hydroxylation is 2. The number of methoxy groups -OCH3 is 1. The number of aromatic nitrogens is 2. The standard InChI is InChI=1S/C29H43N3O/c1-10-21-16-24(27(30-19-21)20(5)33-9)28-25(18-29(6,7)11-2)23-17-22(31(8)12-3)14-15-26(23)32(28)13-4/h14-17,19-20H,10-13,18H2,1-9H3. The maximum atomic E-state index is 5.77. The summed E-state index contributed by atoms with van der Waals surface area (Å²) in [5.41, 5.74) is 9.03. The van der Waals surface area contributed by atoms with Crippen LogP contribution in [-0.2, 0) is 24.1 Å². The third-order valence-corrected chi connectivity index (χ3v) is 7.37. The van der Waals surface area contributed by atoms with Crippen LogP contribution in [0.25, 0.3) is 22.2 Å². The zero-order valence-electron chi connectivity index (χ0n) is 22.2. The highest BCUT2D eigenvalue weighted by molar-refractivity contribution is 5.94. The molecule has 1 aromatic carbocycles. The Morgan fingerprint density at radius 2 is 1.85 bits per heavy atom. The molecular weight excluding hydrogens is 406 g/mol. The van der Waals surface area contributed by atoms with Crippen molar-refractivity contribution in [3.63, 3.8) is 0 Å². The molecule has 0 saturated heterocycles. The first-order valence-corrected chi connectivity index (χ1v) is 12.6. The number of nitrogens with zero attached hydrogens (tertiary/aromatic N) is 3. The number of benzene rings is 1. The molecule has 0 radical (unpaired) electrons. The van der Waals surface area contributed by atoms with Crippen molar-refractivity contribution in [2.75, 3.05) is 25.6 Å². The van der Waals surface area contributed by atoms with Gasteiger partial charge in [0.1, 0.15) is 0 Å². The van der Waals surface area contributed by atoms with Crippen LogP contribution in [0.3, 0.4) is 0 Å². The highest BCUT2D eigenvalue weighted by atomic mass is 16.5. The molecule has 0 fully saturated rings. The summed E-state index contributed by atoms with van der Waals surface area (Å²) in [5, 5.41) is 1.36. The lowest BCUT2D eigenvalue weighted by atomic mass is 9.81. The van der Waals surface area contributed by atoms with Crippen LogP contribution in [0.5, 0.6) is 0 Å². The third-order valence-electron chi connectivity index (χ3n) is 7.37. The first kappa shape index (κ1) is 25.3. The van der Waals surface area contributed by atoms with Gasteiger partial charge in [0, 0.05) is 55.6 Å². The number of hydrogen-bond acceptors (Lipinski definition) is 3. The Hall–Kier alpha value is -2.33. The number of hydrogen-bond donors (Lipinski definition) is 0. The van der Waals surface area contributed by atoms with Gasteiger partial charge in [-0.25, -0.2) is 0 Å². The van der Waals surface area contributed by atoms with Gasteiger partial charge < -0.3 is 14.2 Å². The average molecular weight is 450 g/mol. The van der Waals surface area contributed by atoms with Crippen molar-refractivity contribution in [1.82, 2.24) is 9.55 Å². The van der Waals surface area contributed by atoms with Crippen molar-refractivity contribution in [3.8, 4) is 11.3 Å². The van der Waals surface area contributed by atoms with E-state index < -0.39 is 0 Å². The molecule has 3 rings (SSSR count). The average Bonchev–Trinajstić information content (AvgIpc) is 3.14. The smallest absolute Gasteiger partial charge is 0.0969 e. The molecule has 2 heterocycles. The summed E-state index contributed by atoms with van der Waals surface area (Å²) in [6.07, 6.45) is 5.07. The Kier molecular flexibility index (Phi) is 7.89. The Morgan fingerprint density at radius 1 is 1.12 bits per heavy atom. The van der Waals surface area contributed by atoms with Gasteiger partial charge in [0.25, 0.3) is 0 Å². The first-order valence-electron chi connectivity index (χ1n) is 12.6. The molecule has 180 valence electrons. The van der Waals surface area contributed by atoms with Crippen molar-refractivity contribution >= 4 is 16.6 Å². The fourth-order valence-electron chi connectivity index (χ4n) is 4.59. The van der Waals surface area contributed by atoms with Crippen LogP contribution < -0.4 is 4.90 Å². The minimum atomic E-state index is -0.0666. The Labute approximate surface area is 201 Å². The predicted molar refractivity (Wildman–Crippen MR) is 142 cm³/mol. The fraction of sp³-hybridized carbons (Fsp3) is 0.552. The SMILES string of the molecule is CCc1cnc(C(C)OC)c(-c2c(CC(C)(C)CC)c3cc(N(C)CC)ccc3n2CC)c1. The number of fused-ring (bicyclic) bond motifs is 1. The molecule has 1 atom stereocenters. The van der Waals surface area contributed by atoms with E-state index in [2.05, 4.69) is 89.2 Å². The van der Waals surface area contributed by atoms with Gasteiger partial charge in [-0.2, -0.15) is 0 Å². The molecule has 33 heavy (non-hydrogen) atoms. The summed E-state index contributed by atoms with van der Waals surface area (Å²) >= 11 is 0. The molecular formula is C29H43N3O. The topological polar surface area (TPSA) is 30.3 Å². The molecule has 0 aliphatic rings. The van der Waals surface area contributed by atoms with Crippen molar-refractivity contribution in [1.29, 1.82) is 0 Å². The summed E-state index contributed by atoms with van der Waals surface area (Å²) in [5.74, 6) is 0. The predicted octanol–water partition coefficient (Wildman–Crippen LogP) is 7.43. The zero-order chi connectivity index (χ0) is 24.3. The van der Waals surface area contributed by atoms with Crippen LogP contribution in [0.1, 0.15) is 77.8 Å². The normalized spacial score (nSPS) is 13.0. The molecule has 0 N–H and O–H groups in total. The largest absolute Gasteiger partial charge is 0.375 e. The molecule has 1 unspecified atom stereocenters. The van der Waals surface area contributed by atoms with Crippen molar-refractivity contribution in [3.05, 3.63) is 47.3 Å². The Balaban J connectivity index is 2.44. The number of rotatable bonds is 10. The van der Waals surface area contributed by atoms with Crippen LogP contribution in [0.15, 0.2) is 30.5 Å². The van der Waals surface area contributed by atoms with E-state index in [4.69, 9.17) is 9.72 Å².